The second-order valence-corrected chi connectivity index (χ2v) is 5.78. The van der Waals surface area contributed by atoms with Crippen LogP contribution in [0.4, 0.5) is 5.95 Å². The van der Waals surface area contributed by atoms with Crippen molar-refractivity contribution in [3.8, 4) is 6.07 Å². The first kappa shape index (κ1) is 16.8. The van der Waals surface area contributed by atoms with Crippen LogP contribution >= 0.6 is 11.8 Å². The minimum atomic E-state index is -0.561. The molecule has 0 aliphatic heterocycles. The maximum atomic E-state index is 12.0. The van der Waals surface area contributed by atoms with Gasteiger partial charge in [-0.2, -0.15) is 5.26 Å². The van der Waals surface area contributed by atoms with Crippen LogP contribution in [0.15, 0.2) is 33.1 Å². The number of anilines is 1. The maximum absolute atomic E-state index is 12.0. The summed E-state index contributed by atoms with van der Waals surface area (Å²) < 4.78 is 2.27. The lowest BCUT2D eigenvalue weighted by Gasteiger charge is -2.11. The zero-order valence-electron chi connectivity index (χ0n) is 12.8. The zero-order valence-corrected chi connectivity index (χ0v) is 13.6. The fraction of sp³-hybridized carbons (Fsp3) is 0.357. The van der Waals surface area contributed by atoms with Crippen LogP contribution in [0.3, 0.4) is 0 Å². The van der Waals surface area contributed by atoms with Gasteiger partial charge in [-0.3, -0.25) is 13.9 Å². The van der Waals surface area contributed by atoms with Gasteiger partial charge in [0.15, 0.2) is 0 Å². The lowest BCUT2D eigenvalue weighted by Crippen LogP contribution is -2.39. The van der Waals surface area contributed by atoms with Crippen LogP contribution in [0.2, 0.25) is 0 Å². The van der Waals surface area contributed by atoms with E-state index in [4.69, 9.17) is 5.26 Å². The molecule has 0 atom stereocenters. The molecular formula is C14H16N6O2S. The fourth-order valence-electron chi connectivity index (χ4n) is 1.92. The molecule has 2 heterocycles. The van der Waals surface area contributed by atoms with Crippen LogP contribution in [0.1, 0.15) is 12.0 Å². The highest BCUT2D eigenvalue weighted by Gasteiger charge is 2.15. The number of nitriles is 1. The molecule has 23 heavy (non-hydrogen) atoms. The number of nitrogens with zero attached hydrogens (tertiary/aromatic N) is 5. The van der Waals surface area contributed by atoms with Crippen molar-refractivity contribution in [1.29, 1.82) is 5.26 Å². The molecule has 9 heteroatoms. The van der Waals surface area contributed by atoms with Crippen molar-refractivity contribution in [1.82, 2.24) is 19.1 Å². The topological polar surface area (TPSA) is 106 Å². The molecule has 0 amide bonds. The first-order valence-electron chi connectivity index (χ1n) is 6.90. The summed E-state index contributed by atoms with van der Waals surface area (Å²) in [6.07, 6.45) is 4.06. The lowest BCUT2D eigenvalue weighted by molar-refractivity contribution is 0.631. The molecule has 8 nitrogen and oxygen atoms in total. The quantitative estimate of drug-likeness (QED) is 0.462. The van der Waals surface area contributed by atoms with Gasteiger partial charge in [0, 0.05) is 38.8 Å². The Morgan fingerprint density at radius 3 is 2.61 bits per heavy atom. The number of rotatable bonds is 6. The van der Waals surface area contributed by atoms with Gasteiger partial charge in [0.25, 0.3) is 5.56 Å². The molecule has 0 unspecified atom stereocenters. The van der Waals surface area contributed by atoms with E-state index in [1.807, 2.05) is 6.07 Å². The average Bonchev–Trinajstić information content (AvgIpc) is 2.58. The van der Waals surface area contributed by atoms with E-state index < -0.39 is 11.2 Å². The van der Waals surface area contributed by atoms with Gasteiger partial charge in [0.1, 0.15) is 16.7 Å². The average molecular weight is 332 g/mol. The van der Waals surface area contributed by atoms with Gasteiger partial charge in [-0.1, -0.05) is 0 Å². The molecular weight excluding hydrogens is 316 g/mol. The van der Waals surface area contributed by atoms with Gasteiger partial charge in [0.05, 0.1) is 0 Å². The number of hydrogen-bond acceptors (Lipinski definition) is 7. The largest absolute Gasteiger partial charge is 0.354 e. The molecule has 0 radical (unpaired) electrons. The van der Waals surface area contributed by atoms with Crippen LogP contribution in [-0.4, -0.2) is 31.4 Å². The molecule has 0 saturated heterocycles. The van der Waals surface area contributed by atoms with Crippen molar-refractivity contribution < 1.29 is 0 Å². The molecule has 0 fully saturated rings. The fourth-order valence-corrected chi connectivity index (χ4v) is 2.95. The molecule has 0 spiro atoms. The molecule has 1 N–H and O–H groups in total. The van der Waals surface area contributed by atoms with E-state index in [2.05, 4.69) is 15.3 Å². The third-order valence-electron chi connectivity index (χ3n) is 3.13. The van der Waals surface area contributed by atoms with E-state index in [1.165, 1.54) is 23.4 Å². The van der Waals surface area contributed by atoms with Gasteiger partial charge in [-0.25, -0.2) is 14.8 Å². The SMILES string of the molecule is Cn1c(SCCCNc2ncccn2)c(C#N)c(=O)n(C)c1=O. The number of aromatic nitrogens is 4. The second kappa shape index (κ2) is 7.60. The molecule has 2 rings (SSSR count). The highest BCUT2D eigenvalue weighted by atomic mass is 32.2. The van der Waals surface area contributed by atoms with Crippen LogP contribution < -0.4 is 16.6 Å². The van der Waals surface area contributed by atoms with Gasteiger partial charge in [-0.05, 0) is 12.5 Å². The normalized spacial score (nSPS) is 10.3. The third kappa shape index (κ3) is 3.78. The highest BCUT2D eigenvalue weighted by molar-refractivity contribution is 7.99. The van der Waals surface area contributed by atoms with E-state index in [-0.39, 0.29) is 5.56 Å². The monoisotopic (exact) mass is 332 g/mol. The minimum absolute atomic E-state index is 0.000970. The number of thioether (sulfide) groups is 1. The Balaban J connectivity index is 2.00. The van der Waals surface area contributed by atoms with E-state index in [0.29, 0.717) is 23.3 Å². The third-order valence-corrected chi connectivity index (χ3v) is 4.38. The number of hydrogen-bond donors (Lipinski definition) is 1. The standard InChI is InChI=1S/C14H16N6O2S/c1-19-11(21)10(9-15)12(20(2)14(19)22)23-8-4-7-18-13-16-5-3-6-17-13/h3,5-6H,4,7-8H2,1-2H3,(H,16,17,18). The molecule has 0 aromatic carbocycles. The maximum Gasteiger partial charge on any atom is 0.331 e. The van der Waals surface area contributed by atoms with E-state index >= 15 is 0 Å². The molecule has 0 aliphatic rings. The van der Waals surface area contributed by atoms with E-state index in [9.17, 15) is 9.59 Å². The summed E-state index contributed by atoms with van der Waals surface area (Å²) in [5, 5.41) is 12.6. The van der Waals surface area contributed by atoms with Crippen LogP contribution in [0.5, 0.6) is 0 Å². The molecule has 2 aromatic rings. The van der Waals surface area contributed by atoms with Gasteiger partial charge in [-0.15, -0.1) is 11.8 Å². The van der Waals surface area contributed by atoms with E-state index in [1.54, 1.807) is 25.5 Å². The highest BCUT2D eigenvalue weighted by Crippen LogP contribution is 2.18. The summed E-state index contributed by atoms with van der Waals surface area (Å²) in [6, 6.07) is 3.63. The second-order valence-electron chi connectivity index (χ2n) is 4.70. The van der Waals surface area contributed by atoms with Gasteiger partial charge >= 0.3 is 5.69 Å². The summed E-state index contributed by atoms with van der Waals surface area (Å²) in [5.41, 5.74) is -1.000. The Morgan fingerprint density at radius 2 is 1.96 bits per heavy atom. The van der Waals surface area contributed by atoms with Gasteiger partial charge < -0.3 is 5.32 Å². The first-order chi connectivity index (χ1) is 11.1. The Kier molecular flexibility index (Phi) is 5.54. The predicted molar refractivity (Wildman–Crippen MR) is 87.5 cm³/mol. The van der Waals surface area contributed by atoms with E-state index in [0.717, 1.165) is 11.0 Å². The van der Waals surface area contributed by atoms with Crippen molar-refractivity contribution in [2.75, 3.05) is 17.6 Å². The van der Waals surface area contributed by atoms with Crippen molar-refractivity contribution >= 4 is 17.7 Å². The molecule has 0 saturated carbocycles. The molecule has 2 aromatic heterocycles. The Morgan fingerprint density at radius 1 is 1.26 bits per heavy atom. The molecule has 0 bridgehead atoms. The van der Waals surface area contributed by atoms with Gasteiger partial charge in [0.2, 0.25) is 5.95 Å². The number of nitrogens with one attached hydrogen (secondary N) is 1. The lowest BCUT2D eigenvalue weighted by atomic mass is 10.3. The summed E-state index contributed by atoms with van der Waals surface area (Å²) in [5.74, 6) is 1.20. The van der Waals surface area contributed by atoms with Crippen molar-refractivity contribution in [3.05, 3.63) is 44.9 Å². The van der Waals surface area contributed by atoms with Crippen molar-refractivity contribution in [3.63, 3.8) is 0 Å². The summed E-state index contributed by atoms with van der Waals surface area (Å²) >= 11 is 1.32. The Labute approximate surface area is 136 Å². The molecule has 120 valence electrons. The van der Waals surface area contributed by atoms with Crippen molar-refractivity contribution in [2.45, 2.75) is 11.4 Å². The smallest absolute Gasteiger partial charge is 0.331 e. The minimum Gasteiger partial charge on any atom is -0.354 e. The van der Waals surface area contributed by atoms with Crippen LogP contribution in [0, 0.1) is 11.3 Å². The first-order valence-corrected chi connectivity index (χ1v) is 7.88. The van der Waals surface area contributed by atoms with Crippen LogP contribution in [0.25, 0.3) is 0 Å². The summed E-state index contributed by atoms with van der Waals surface area (Å²) in [7, 11) is 2.92. The Hall–Kier alpha value is -2.60. The summed E-state index contributed by atoms with van der Waals surface area (Å²) in [6.45, 7) is 0.650. The van der Waals surface area contributed by atoms with Crippen LogP contribution in [-0.2, 0) is 14.1 Å². The molecule has 0 aliphatic carbocycles. The Bertz CT molecular complexity index is 837. The predicted octanol–water partition coefficient (Wildman–Crippen LogP) is 0.340. The zero-order chi connectivity index (χ0) is 16.8. The summed E-state index contributed by atoms with van der Waals surface area (Å²) in [4.78, 5) is 32.0. The van der Waals surface area contributed by atoms with Crippen molar-refractivity contribution in [2.24, 2.45) is 14.1 Å².